The number of ether oxygens (including phenoxy) is 1. The predicted molar refractivity (Wildman–Crippen MR) is 119 cm³/mol. The molecule has 167 valence electrons. The van der Waals surface area contributed by atoms with Crippen LogP contribution in [0.15, 0.2) is 23.8 Å². The first-order chi connectivity index (χ1) is 13.8. The molecule has 1 N–H and O–H groups in total. The van der Waals surface area contributed by atoms with Crippen LogP contribution in [0.1, 0.15) is 40.0 Å². The fourth-order valence-corrected chi connectivity index (χ4v) is 10.5. The van der Waals surface area contributed by atoms with Gasteiger partial charge in [0.25, 0.3) is 0 Å². The molecule has 7 heteroatoms. The average molecular weight is 632 g/mol. The Bertz CT molecular complexity index is 676. The summed E-state index contributed by atoms with van der Waals surface area (Å²) in [5, 5.41) is 9.94. The van der Waals surface area contributed by atoms with Crippen molar-refractivity contribution in [1.82, 2.24) is 0 Å². The second-order valence-corrected chi connectivity index (χ2v) is 18.9. The zero-order valence-corrected chi connectivity index (χ0v) is 22.1. The quantitative estimate of drug-likeness (QED) is 0.272. The second-order valence-electron chi connectivity index (χ2n) is 8.38. The molecule has 0 aromatic heterocycles. The summed E-state index contributed by atoms with van der Waals surface area (Å²) in [5.74, 6) is 1.19. The summed E-state index contributed by atoms with van der Waals surface area (Å²) in [6, 6.07) is 0. The van der Waals surface area contributed by atoms with E-state index in [-0.39, 0.29) is 28.4 Å². The summed E-state index contributed by atoms with van der Waals surface area (Å²) in [6.07, 6.45) is 8.27. The van der Waals surface area contributed by atoms with E-state index in [1.807, 2.05) is 0 Å². The van der Waals surface area contributed by atoms with Crippen LogP contribution in [0.5, 0.6) is 0 Å². The van der Waals surface area contributed by atoms with Gasteiger partial charge in [0, 0.05) is 0 Å². The molecule has 0 aromatic carbocycles. The average Bonchev–Trinajstić information content (AvgIpc) is 2.65. The van der Waals surface area contributed by atoms with Crippen LogP contribution in [0.2, 0.25) is 0 Å². The van der Waals surface area contributed by atoms with Crippen molar-refractivity contribution in [2.24, 2.45) is 23.7 Å². The topological polar surface area (TPSA) is 72.8 Å². The van der Waals surface area contributed by atoms with Crippen molar-refractivity contribution in [3.8, 4) is 0 Å². The molecule has 0 saturated carbocycles. The first-order valence-corrected chi connectivity index (χ1v) is 19.1. The summed E-state index contributed by atoms with van der Waals surface area (Å²) >= 11 is -3.57. The molecular weight excluding hydrogens is 598 g/mol. The third kappa shape index (κ3) is 5.96. The summed E-state index contributed by atoms with van der Waals surface area (Å²) in [4.78, 5) is 26.4. The molecule has 3 rings (SSSR count). The van der Waals surface area contributed by atoms with Gasteiger partial charge in [-0.15, -0.1) is 0 Å². The van der Waals surface area contributed by atoms with Crippen LogP contribution in [0.25, 0.3) is 0 Å². The van der Waals surface area contributed by atoms with Crippen LogP contribution in [-0.2, 0) is 12.6 Å². The Balaban J connectivity index is 1.74. The number of carbonyl (C=O) groups is 2. The van der Waals surface area contributed by atoms with E-state index in [0.717, 1.165) is 21.7 Å². The van der Waals surface area contributed by atoms with Crippen LogP contribution in [0.4, 0.5) is 4.79 Å². The van der Waals surface area contributed by atoms with Crippen LogP contribution in [-0.4, -0.2) is 45.5 Å². The molecule has 3 unspecified atom stereocenters. The Morgan fingerprint density at radius 1 is 1.41 bits per heavy atom. The number of hydrogen-bond acceptors (Lipinski definition) is 5. The molecule has 1 heterocycles. The molecule has 29 heavy (non-hydrogen) atoms. The molecule has 0 bridgehead atoms. The van der Waals surface area contributed by atoms with E-state index in [1.165, 1.54) is 5.57 Å². The second kappa shape index (κ2) is 10.4. The molecule has 3 aliphatic rings. The zero-order chi connectivity index (χ0) is 21.1. The third-order valence-corrected chi connectivity index (χ3v) is 15.1. The Morgan fingerprint density at radius 2 is 2.17 bits per heavy atom. The normalized spacial score (nSPS) is 36.0. The Kier molecular flexibility index (Phi) is 8.46. The number of allylic oxidation sites excluding steroid dienone is 3. The van der Waals surface area contributed by atoms with E-state index in [4.69, 9.17) is 7.80 Å². The van der Waals surface area contributed by atoms with Crippen LogP contribution in [0.3, 0.4) is 0 Å². The van der Waals surface area contributed by atoms with Gasteiger partial charge in [0.15, 0.2) is 0 Å². The molecule has 0 spiro atoms. The summed E-state index contributed by atoms with van der Waals surface area (Å²) < 4.78 is 14.3. The maximum atomic E-state index is 12.6. The van der Waals surface area contributed by atoms with Gasteiger partial charge >= 0.3 is 190 Å². The van der Waals surface area contributed by atoms with Crippen LogP contribution >= 0.6 is 19.8 Å². The first-order valence-electron chi connectivity index (χ1n) is 10.5. The molecule has 6 atom stereocenters. The molecule has 5 nitrogen and oxygen atoms in total. The molecule has 2 aliphatic carbocycles. The van der Waals surface area contributed by atoms with E-state index in [0.29, 0.717) is 22.2 Å². The predicted octanol–water partition coefficient (Wildman–Crippen LogP) is 1.29. The SMILES string of the molecule is CCI(C)C(=O)OC1CC(C)C=C2C=C[C@H](C)C(CC[I-]3C[C@@H](O)CC(=O)O3)[C@H]21. The van der Waals surface area contributed by atoms with Gasteiger partial charge in [-0.2, -0.15) is 0 Å². The number of aliphatic hydroxyl groups excluding tert-OH is 1. The van der Waals surface area contributed by atoms with Crippen LogP contribution in [0, 0.1) is 23.7 Å². The van der Waals surface area contributed by atoms with Gasteiger partial charge in [-0.05, 0) is 0 Å². The molecular formula is C22H34I2O5-. The van der Waals surface area contributed by atoms with E-state index in [9.17, 15) is 14.7 Å². The van der Waals surface area contributed by atoms with Gasteiger partial charge in [-0.1, -0.05) is 0 Å². The van der Waals surface area contributed by atoms with Gasteiger partial charge in [-0.25, -0.2) is 0 Å². The van der Waals surface area contributed by atoms with E-state index in [1.54, 1.807) is 0 Å². The fourth-order valence-electron chi connectivity index (χ4n) is 4.52. The minimum atomic E-state index is -1.91. The Morgan fingerprint density at radius 3 is 2.86 bits per heavy atom. The van der Waals surface area contributed by atoms with Crippen LogP contribution < -0.4 is 20.2 Å². The standard InChI is InChI=1S/C22H34I2O5/c1-5-23(4)22(27)28-19-11-14(2)10-16-7-6-15(3)18(21(16)19)8-9-24-13-17(25)12-20(26)29-24/h6-7,10,14-15,17-19,21,25H,5,8-9,11-13H2,1-4H3/q-1/t14?,15-,17-,18?,19?,21-/m0/s1. The van der Waals surface area contributed by atoms with Crippen molar-refractivity contribution in [2.45, 2.75) is 52.2 Å². The third-order valence-electron chi connectivity index (χ3n) is 6.10. The molecule has 1 fully saturated rings. The fraction of sp³-hybridized carbons (Fsp3) is 0.727. The number of alkyl halides is 4. The first kappa shape index (κ1) is 23.5. The number of halogens is 2. The van der Waals surface area contributed by atoms with Crippen molar-refractivity contribution in [1.29, 1.82) is 0 Å². The number of fused-ring (bicyclic) bond motifs is 1. The van der Waals surface area contributed by atoms with Crippen molar-refractivity contribution in [3.63, 3.8) is 0 Å². The van der Waals surface area contributed by atoms with E-state index in [2.05, 4.69) is 43.9 Å². The van der Waals surface area contributed by atoms with Gasteiger partial charge in [-0.3, -0.25) is 0 Å². The summed E-state index contributed by atoms with van der Waals surface area (Å²) in [7, 11) is 0. The van der Waals surface area contributed by atoms with Crippen molar-refractivity contribution in [3.05, 3.63) is 23.8 Å². The number of rotatable bonds is 6. The maximum absolute atomic E-state index is 12.6. The van der Waals surface area contributed by atoms with E-state index < -0.39 is 46.2 Å². The number of aliphatic hydroxyl groups is 1. The van der Waals surface area contributed by atoms with Gasteiger partial charge in [0.2, 0.25) is 0 Å². The summed E-state index contributed by atoms with van der Waals surface area (Å²) in [5.41, 5.74) is 1.31. The summed E-state index contributed by atoms with van der Waals surface area (Å²) in [6.45, 7) is 6.52. The van der Waals surface area contributed by atoms with Crippen molar-refractivity contribution >= 4 is 29.8 Å². The minimum absolute atomic E-state index is 0.0514. The molecule has 1 radical (unpaired) electrons. The Hall–Kier alpha value is -0.160. The molecule has 1 aliphatic heterocycles. The number of carbonyl (C=O) groups excluding carboxylic acids is 2. The molecule has 0 amide bonds. The van der Waals surface area contributed by atoms with Gasteiger partial charge in [0.05, 0.1) is 0 Å². The van der Waals surface area contributed by atoms with E-state index >= 15 is 0 Å². The van der Waals surface area contributed by atoms with Gasteiger partial charge in [0.1, 0.15) is 0 Å². The molecule has 0 aromatic rings. The zero-order valence-electron chi connectivity index (χ0n) is 17.8. The van der Waals surface area contributed by atoms with Gasteiger partial charge < -0.3 is 0 Å². The van der Waals surface area contributed by atoms with Crippen molar-refractivity contribution in [2.75, 3.05) is 18.2 Å². The van der Waals surface area contributed by atoms with Crippen molar-refractivity contribution < 1.29 is 42.7 Å². The Labute approximate surface area is 189 Å². The number of hydrogen-bond donors (Lipinski definition) is 1. The molecule has 1 saturated heterocycles. The monoisotopic (exact) mass is 632 g/mol.